The number of carbonyl (C=O) groups excluding carboxylic acids is 1. The maximum absolute atomic E-state index is 11.5. The third kappa shape index (κ3) is 7.63. The molecule has 0 aliphatic rings. The highest BCUT2D eigenvalue weighted by molar-refractivity contribution is 5.92. The van der Waals surface area contributed by atoms with Gasteiger partial charge in [0.25, 0.3) is 5.91 Å². The normalized spacial score (nSPS) is 10.7. The number of anilines is 1. The Morgan fingerprint density at radius 1 is 1.14 bits per heavy atom. The van der Waals surface area contributed by atoms with Crippen molar-refractivity contribution >= 4 is 11.7 Å². The number of carbonyl (C=O) groups is 1. The molecular formula is C16H28N4O. The van der Waals surface area contributed by atoms with Gasteiger partial charge in [0.2, 0.25) is 0 Å². The average molecular weight is 292 g/mol. The fourth-order valence-corrected chi connectivity index (χ4v) is 2.05. The van der Waals surface area contributed by atoms with Gasteiger partial charge in [-0.05, 0) is 31.4 Å². The van der Waals surface area contributed by atoms with Crippen molar-refractivity contribution in [1.29, 1.82) is 0 Å². The molecule has 0 aromatic carbocycles. The standard InChI is InChI=1S/C16H28N4O/c1-4-17-16(21)14-10-11-15(20-19-14)18-12-8-6-5-7-9-13(2)3/h10-11,13H,4-9,12H2,1-3H3,(H,17,21)(H,18,20). The Bertz CT molecular complexity index is 403. The molecule has 0 aliphatic heterocycles. The Morgan fingerprint density at radius 2 is 1.90 bits per heavy atom. The van der Waals surface area contributed by atoms with Crippen LogP contribution in [0, 0.1) is 5.92 Å². The van der Waals surface area contributed by atoms with E-state index in [1.54, 1.807) is 12.1 Å². The first-order valence-electron chi connectivity index (χ1n) is 7.99. The molecule has 0 spiro atoms. The van der Waals surface area contributed by atoms with E-state index in [0.29, 0.717) is 12.2 Å². The Kier molecular flexibility index (Phi) is 8.40. The van der Waals surface area contributed by atoms with Gasteiger partial charge in [0, 0.05) is 13.1 Å². The zero-order valence-electron chi connectivity index (χ0n) is 13.5. The van der Waals surface area contributed by atoms with Gasteiger partial charge in [0.1, 0.15) is 5.82 Å². The van der Waals surface area contributed by atoms with Gasteiger partial charge in [0.15, 0.2) is 5.69 Å². The lowest BCUT2D eigenvalue weighted by Crippen LogP contribution is -2.24. The third-order valence-electron chi connectivity index (χ3n) is 3.25. The number of hydrogen-bond acceptors (Lipinski definition) is 4. The molecule has 0 radical (unpaired) electrons. The molecule has 1 aromatic heterocycles. The van der Waals surface area contributed by atoms with Crippen LogP contribution in [0.15, 0.2) is 12.1 Å². The summed E-state index contributed by atoms with van der Waals surface area (Å²) in [6.45, 7) is 7.91. The second-order valence-electron chi connectivity index (χ2n) is 5.69. The monoisotopic (exact) mass is 292 g/mol. The lowest BCUT2D eigenvalue weighted by atomic mass is 10.0. The van der Waals surface area contributed by atoms with E-state index in [1.165, 1.54) is 25.7 Å². The Morgan fingerprint density at radius 3 is 2.52 bits per heavy atom. The molecule has 0 fully saturated rings. The van der Waals surface area contributed by atoms with Crippen molar-refractivity contribution in [1.82, 2.24) is 15.5 Å². The number of rotatable bonds is 10. The average Bonchev–Trinajstić information content (AvgIpc) is 2.47. The molecule has 1 aromatic rings. The van der Waals surface area contributed by atoms with Crippen LogP contribution in [0.25, 0.3) is 0 Å². The zero-order valence-corrected chi connectivity index (χ0v) is 13.5. The molecule has 0 saturated carbocycles. The predicted molar refractivity (Wildman–Crippen MR) is 86.5 cm³/mol. The van der Waals surface area contributed by atoms with E-state index in [4.69, 9.17) is 0 Å². The Labute approximate surface area is 127 Å². The van der Waals surface area contributed by atoms with E-state index in [1.807, 2.05) is 6.92 Å². The molecule has 1 amide bonds. The van der Waals surface area contributed by atoms with Crippen LogP contribution < -0.4 is 10.6 Å². The summed E-state index contributed by atoms with van der Waals surface area (Å²) in [4.78, 5) is 11.5. The lowest BCUT2D eigenvalue weighted by Gasteiger charge is -2.06. The summed E-state index contributed by atoms with van der Waals surface area (Å²) in [7, 11) is 0. The van der Waals surface area contributed by atoms with Crippen LogP contribution in [-0.2, 0) is 0 Å². The third-order valence-corrected chi connectivity index (χ3v) is 3.25. The first-order valence-corrected chi connectivity index (χ1v) is 7.99. The van der Waals surface area contributed by atoms with Crippen molar-refractivity contribution in [2.45, 2.75) is 52.9 Å². The molecule has 0 aliphatic carbocycles. The van der Waals surface area contributed by atoms with Crippen molar-refractivity contribution in [2.75, 3.05) is 18.4 Å². The van der Waals surface area contributed by atoms with Crippen LogP contribution in [0.4, 0.5) is 5.82 Å². The molecule has 118 valence electrons. The predicted octanol–water partition coefficient (Wildman–Crippen LogP) is 3.24. The van der Waals surface area contributed by atoms with Gasteiger partial charge in [-0.25, -0.2) is 0 Å². The molecule has 21 heavy (non-hydrogen) atoms. The van der Waals surface area contributed by atoms with Crippen LogP contribution in [-0.4, -0.2) is 29.2 Å². The molecule has 5 nitrogen and oxygen atoms in total. The van der Waals surface area contributed by atoms with Crippen molar-refractivity contribution in [3.63, 3.8) is 0 Å². The largest absolute Gasteiger partial charge is 0.369 e. The van der Waals surface area contributed by atoms with E-state index in [2.05, 4.69) is 34.7 Å². The number of nitrogens with zero attached hydrogens (tertiary/aromatic N) is 2. The topological polar surface area (TPSA) is 66.9 Å². The van der Waals surface area contributed by atoms with Crippen LogP contribution in [0.2, 0.25) is 0 Å². The molecule has 0 atom stereocenters. The summed E-state index contributed by atoms with van der Waals surface area (Å²) in [6, 6.07) is 3.50. The minimum absolute atomic E-state index is 0.179. The number of unbranched alkanes of at least 4 members (excludes halogenated alkanes) is 3. The molecule has 1 heterocycles. The lowest BCUT2D eigenvalue weighted by molar-refractivity contribution is 0.0950. The first-order chi connectivity index (χ1) is 10.1. The minimum Gasteiger partial charge on any atom is -0.369 e. The number of nitrogens with one attached hydrogen (secondary N) is 2. The van der Waals surface area contributed by atoms with Gasteiger partial charge in [-0.15, -0.1) is 10.2 Å². The molecule has 0 unspecified atom stereocenters. The molecule has 0 bridgehead atoms. The van der Waals surface area contributed by atoms with Gasteiger partial charge < -0.3 is 10.6 Å². The summed E-state index contributed by atoms with van der Waals surface area (Å²) >= 11 is 0. The summed E-state index contributed by atoms with van der Waals surface area (Å²) in [5, 5.41) is 13.9. The first kappa shape index (κ1) is 17.4. The van der Waals surface area contributed by atoms with Gasteiger partial charge in [0.05, 0.1) is 0 Å². The summed E-state index contributed by atoms with van der Waals surface area (Å²) < 4.78 is 0. The zero-order chi connectivity index (χ0) is 15.5. The summed E-state index contributed by atoms with van der Waals surface area (Å²) in [5.74, 6) is 1.36. The van der Waals surface area contributed by atoms with Crippen molar-refractivity contribution in [3.8, 4) is 0 Å². The van der Waals surface area contributed by atoms with Crippen LogP contribution in [0.5, 0.6) is 0 Å². The SMILES string of the molecule is CCNC(=O)c1ccc(NCCCCCCC(C)C)nn1. The maximum Gasteiger partial charge on any atom is 0.271 e. The van der Waals surface area contributed by atoms with Crippen LogP contribution >= 0.6 is 0 Å². The van der Waals surface area contributed by atoms with E-state index in [9.17, 15) is 4.79 Å². The Balaban J connectivity index is 2.17. The highest BCUT2D eigenvalue weighted by Gasteiger charge is 2.06. The smallest absolute Gasteiger partial charge is 0.271 e. The highest BCUT2D eigenvalue weighted by Crippen LogP contribution is 2.09. The van der Waals surface area contributed by atoms with E-state index >= 15 is 0 Å². The number of amides is 1. The van der Waals surface area contributed by atoms with Crippen molar-refractivity contribution in [3.05, 3.63) is 17.8 Å². The highest BCUT2D eigenvalue weighted by atomic mass is 16.1. The fraction of sp³-hybridized carbons (Fsp3) is 0.688. The van der Waals surface area contributed by atoms with Gasteiger partial charge >= 0.3 is 0 Å². The second kappa shape index (κ2) is 10.1. The van der Waals surface area contributed by atoms with Crippen molar-refractivity contribution in [2.24, 2.45) is 5.92 Å². The molecule has 1 rings (SSSR count). The van der Waals surface area contributed by atoms with Gasteiger partial charge in [-0.3, -0.25) is 4.79 Å². The molecule has 5 heteroatoms. The van der Waals surface area contributed by atoms with Crippen LogP contribution in [0.3, 0.4) is 0 Å². The quantitative estimate of drug-likeness (QED) is 0.650. The minimum atomic E-state index is -0.179. The fourth-order valence-electron chi connectivity index (χ4n) is 2.05. The summed E-state index contributed by atoms with van der Waals surface area (Å²) in [5.41, 5.74) is 0.357. The van der Waals surface area contributed by atoms with E-state index < -0.39 is 0 Å². The second-order valence-corrected chi connectivity index (χ2v) is 5.69. The van der Waals surface area contributed by atoms with Gasteiger partial charge in [-0.1, -0.05) is 39.5 Å². The van der Waals surface area contributed by atoms with E-state index in [0.717, 1.165) is 24.7 Å². The number of aromatic nitrogens is 2. The van der Waals surface area contributed by atoms with E-state index in [-0.39, 0.29) is 5.91 Å². The summed E-state index contributed by atoms with van der Waals surface area (Å²) in [6.07, 6.45) is 6.31. The molecular weight excluding hydrogens is 264 g/mol. The van der Waals surface area contributed by atoms with Gasteiger partial charge in [-0.2, -0.15) is 0 Å². The number of hydrogen-bond donors (Lipinski definition) is 2. The van der Waals surface area contributed by atoms with Crippen LogP contribution in [0.1, 0.15) is 63.4 Å². The Hall–Kier alpha value is -1.65. The molecule has 0 saturated heterocycles. The maximum atomic E-state index is 11.5. The van der Waals surface area contributed by atoms with Crippen molar-refractivity contribution < 1.29 is 4.79 Å². The molecule has 2 N–H and O–H groups in total.